The molecule has 1 aromatic heterocycles. The Labute approximate surface area is 136 Å². The normalized spacial score (nSPS) is 16.5. The number of hydrogen-bond acceptors (Lipinski definition) is 4. The summed E-state index contributed by atoms with van der Waals surface area (Å²) in [5, 5.41) is 7.94. The standard InChI is InChI=1S/C18H23N3O2/c1-3-11-23-18-13(5-4-6-14(18)22-2)16-17-15(19-20-16)12-7-9-21(17)10-8-12/h4-6,12H,3,7-11H2,1-2H3,(H,19,20). The van der Waals surface area contributed by atoms with Gasteiger partial charge in [0.1, 0.15) is 5.69 Å². The fraction of sp³-hybridized carbons (Fsp3) is 0.500. The second-order valence-electron chi connectivity index (χ2n) is 6.28. The number of aromatic nitrogens is 2. The second-order valence-corrected chi connectivity index (χ2v) is 6.28. The van der Waals surface area contributed by atoms with Gasteiger partial charge in [0.2, 0.25) is 0 Å². The van der Waals surface area contributed by atoms with E-state index in [1.165, 1.54) is 24.2 Å². The molecule has 1 saturated heterocycles. The van der Waals surface area contributed by atoms with E-state index < -0.39 is 0 Å². The van der Waals surface area contributed by atoms with E-state index >= 15 is 0 Å². The highest BCUT2D eigenvalue weighted by molar-refractivity contribution is 5.83. The Bertz CT molecular complexity index is 702. The SMILES string of the molecule is CCCOc1c(OC)cccc1-c1n[nH]c2c1N1CCC2CC1. The highest BCUT2D eigenvalue weighted by atomic mass is 16.5. The Morgan fingerprint density at radius 1 is 1.30 bits per heavy atom. The Morgan fingerprint density at radius 2 is 2.13 bits per heavy atom. The zero-order valence-corrected chi connectivity index (χ0v) is 13.8. The summed E-state index contributed by atoms with van der Waals surface area (Å²) in [7, 11) is 1.68. The molecule has 122 valence electrons. The van der Waals surface area contributed by atoms with E-state index in [-0.39, 0.29) is 0 Å². The van der Waals surface area contributed by atoms with Crippen molar-refractivity contribution in [3.63, 3.8) is 0 Å². The zero-order valence-electron chi connectivity index (χ0n) is 13.8. The van der Waals surface area contributed by atoms with Gasteiger partial charge in [0, 0.05) is 19.0 Å². The number of fused-ring (bicyclic) bond motifs is 2. The van der Waals surface area contributed by atoms with Crippen LogP contribution in [0.4, 0.5) is 5.69 Å². The third-order valence-corrected chi connectivity index (χ3v) is 4.89. The zero-order chi connectivity index (χ0) is 15.8. The van der Waals surface area contributed by atoms with Crippen molar-refractivity contribution in [2.75, 3.05) is 31.7 Å². The number of nitrogens with zero attached hydrogens (tertiary/aromatic N) is 2. The molecule has 0 radical (unpaired) electrons. The lowest BCUT2D eigenvalue weighted by molar-refractivity contribution is 0.295. The van der Waals surface area contributed by atoms with Crippen molar-refractivity contribution in [2.24, 2.45) is 0 Å². The molecule has 1 aromatic carbocycles. The van der Waals surface area contributed by atoms with Gasteiger partial charge in [-0.25, -0.2) is 0 Å². The molecule has 23 heavy (non-hydrogen) atoms. The minimum Gasteiger partial charge on any atom is -0.493 e. The first-order valence-electron chi connectivity index (χ1n) is 8.46. The average molecular weight is 313 g/mol. The predicted molar refractivity (Wildman–Crippen MR) is 90.5 cm³/mol. The van der Waals surface area contributed by atoms with Crippen molar-refractivity contribution in [3.8, 4) is 22.8 Å². The van der Waals surface area contributed by atoms with Crippen LogP contribution < -0.4 is 14.4 Å². The summed E-state index contributed by atoms with van der Waals surface area (Å²) in [6.45, 7) is 5.03. The van der Waals surface area contributed by atoms with Crippen molar-refractivity contribution in [1.82, 2.24) is 10.2 Å². The number of piperidine rings is 1. The van der Waals surface area contributed by atoms with Crippen molar-refractivity contribution in [2.45, 2.75) is 32.1 Å². The molecule has 0 amide bonds. The maximum Gasteiger partial charge on any atom is 0.170 e. The van der Waals surface area contributed by atoms with Crippen LogP contribution >= 0.6 is 0 Å². The molecular weight excluding hydrogens is 290 g/mol. The summed E-state index contributed by atoms with van der Waals surface area (Å²) in [6.07, 6.45) is 3.42. The van der Waals surface area contributed by atoms with Gasteiger partial charge in [-0.2, -0.15) is 5.10 Å². The number of ether oxygens (including phenoxy) is 2. The minimum absolute atomic E-state index is 0.627. The predicted octanol–water partition coefficient (Wildman–Crippen LogP) is 3.57. The molecule has 4 heterocycles. The molecule has 5 nitrogen and oxygen atoms in total. The van der Waals surface area contributed by atoms with Gasteiger partial charge in [0.05, 0.1) is 30.7 Å². The van der Waals surface area contributed by atoms with E-state index in [1.54, 1.807) is 7.11 Å². The number of H-pyrrole nitrogens is 1. The molecule has 0 atom stereocenters. The fourth-order valence-electron chi connectivity index (χ4n) is 3.75. The van der Waals surface area contributed by atoms with Crippen LogP contribution in [0, 0.1) is 0 Å². The molecule has 3 aliphatic heterocycles. The van der Waals surface area contributed by atoms with Gasteiger partial charge in [-0.1, -0.05) is 13.0 Å². The Hall–Kier alpha value is -2.17. The lowest BCUT2D eigenvalue weighted by atomic mass is 9.86. The highest BCUT2D eigenvalue weighted by Crippen LogP contribution is 2.48. The molecule has 2 bridgehead atoms. The first-order valence-corrected chi connectivity index (χ1v) is 8.46. The molecule has 0 unspecified atom stereocenters. The van der Waals surface area contributed by atoms with E-state index in [9.17, 15) is 0 Å². The number of rotatable bonds is 5. The van der Waals surface area contributed by atoms with Gasteiger partial charge in [0.15, 0.2) is 11.5 Å². The summed E-state index contributed by atoms with van der Waals surface area (Å²) in [6, 6.07) is 6.03. The Balaban J connectivity index is 1.83. The van der Waals surface area contributed by atoms with Crippen LogP contribution in [0.2, 0.25) is 0 Å². The maximum atomic E-state index is 6.01. The second kappa shape index (κ2) is 5.80. The number of benzene rings is 1. The van der Waals surface area contributed by atoms with E-state index in [2.05, 4.69) is 28.1 Å². The fourth-order valence-corrected chi connectivity index (χ4v) is 3.75. The van der Waals surface area contributed by atoms with Crippen molar-refractivity contribution in [1.29, 1.82) is 0 Å². The number of hydrogen-bond donors (Lipinski definition) is 1. The van der Waals surface area contributed by atoms with E-state index in [0.29, 0.717) is 12.5 Å². The summed E-state index contributed by atoms with van der Waals surface area (Å²) in [5.41, 5.74) is 4.57. The summed E-state index contributed by atoms with van der Waals surface area (Å²) < 4.78 is 11.5. The van der Waals surface area contributed by atoms with Gasteiger partial charge >= 0.3 is 0 Å². The Morgan fingerprint density at radius 3 is 2.87 bits per heavy atom. The van der Waals surface area contributed by atoms with Crippen LogP contribution in [0.25, 0.3) is 11.3 Å². The summed E-state index contributed by atoms with van der Waals surface area (Å²) >= 11 is 0. The third kappa shape index (κ3) is 2.26. The lowest BCUT2D eigenvalue weighted by Gasteiger charge is -2.40. The number of nitrogens with one attached hydrogen (secondary N) is 1. The topological polar surface area (TPSA) is 50.4 Å². The van der Waals surface area contributed by atoms with Crippen LogP contribution in [0.1, 0.15) is 37.8 Å². The van der Waals surface area contributed by atoms with Gasteiger partial charge in [-0.15, -0.1) is 0 Å². The summed E-state index contributed by atoms with van der Waals surface area (Å²) in [5.74, 6) is 2.19. The first kappa shape index (κ1) is 14.4. The van der Waals surface area contributed by atoms with Gasteiger partial charge in [-0.05, 0) is 31.4 Å². The molecular formula is C18H23N3O2. The lowest BCUT2D eigenvalue weighted by Crippen LogP contribution is -2.38. The Kier molecular flexibility index (Phi) is 3.63. The van der Waals surface area contributed by atoms with Gasteiger partial charge in [0.25, 0.3) is 0 Å². The number of anilines is 1. The van der Waals surface area contributed by atoms with Crippen LogP contribution in [-0.4, -0.2) is 37.0 Å². The number of aromatic amines is 1. The van der Waals surface area contributed by atoms with E-state index in [0.717, 1.165) is 42.3 Å². The van der Waals surface area contributed by atoms with Crippen LogP contribution in [0.3, 0.4) is 0 Å². The molecule has 5 rings (SSSR count). The monoisotopic (exact) mass is 313 g/mol. The van der Waals surface area contributed by atoms with Crippen molar-refractivity contribution < 1.29 is 9.47 Å². The molecule has 1 N–H and O–H groups in total. The van der Waals surface area contributed by atoms with E-state index in [4.69, 9.17) is 9.47 Å². The van der Waals surface area contributed by atoms with Crippen molar-refractivity contribution in [3.05, 3.63) is 23.9 Å². The molecule has 0 saturated carbocycles. The largest absolute Gasteiger partial charge is 0.493 e. The van der Waals surface area contributed by atoms with Crippen LogP contribution in [-0.2, 0) is 0 Å². The quantitative estimate of drug-likeness (QED) is 0.917. The van der Waals surface area contributed by atoms with E-state index in [1.807, 2.05) is 12.1 Å². The molecule has 2 aromatic rings. The molecule has 0 spiro atoms. The average Bonchev–Trinajstić information content (AvgIpc) is 3.07. The number of methoxy groups -OCH3 is 1. The van der Waals surface area contributed by atoms with Crippen LogP contribution in [0.5, 0.6) is 11.5 Å². The maximum absolute atomic E-state index is 6.01. The molecule has 3 aliphatic rings. The van der Waals surface area contributed by atoms with Gasteiger partial charge < -0.3 is 14.4 Å². The highest BCUT2D eigenvalue weighted by Gasteiger charge is 2.36. The molecule has 5 heteroatoms. The first-order chi connectivity index (χ1) is 11.3. The van der Waals surface area contributed by atoms with Crippen molar-refractivity contribution >= 4 is 5.69 Å². The third-order valence-electron chi connectivity index (χ3n) is 4.89. The summed E-state index contributed by atoms with van der Waals surface area (Å²) in [4.78, 5) is 2.46. The van der Waals surface area contributed by atoms with Crippen LogP contribution in [0.15, 0.2) is 18.2 Å². The number of para-hydroxylation sites is 1. The molecule has 0 aliphatic carbocycles. The smallest absolute Gasteiger partial charge is 0.170 e. The van der Waals surface area contributed by atoms with Gasteiger partial charge in [-0.3, -0.25) is 5.10 Å². The minimum atomic E-state index is 0.627. The molecule has 1 fully saturated rings.